The van der Waals surface area contributed by atoms with Crippen molar-refractivity contribution in [2.24, 2.45) is 5.92 Å². The molecule has 4 rings (SSSR count). The van der Waals surface area contributed by atoms with E-state index >= 15 is 0 Å². The van der Waals surface area contributed by atoms with Crippen LogP contribution < -0.4 is 4.74 Å². The normalized spacial score (nSPS) is 18.1. The number of benzene rings is 1. The quantitative estimate of drug-likeness (QED) is 0.510. The fraction of sp³-hybridized carbons (Fsp3) is 0.481. The van der Waals surface area contributed by atoms with Gasteiger partial charge in [-0.2, -0.15) is 0 Å². The second-order valence-corrected chi connectivity index (χ2v) is 10.2. The van der Waals surface area contributed by atoms with Crippen LogP contribution in [0, 0.1) is 19.8 Å². The number of hydrogen-bond donors (Lipinski definition) is 0. The molecule has 1 fully saturated rings. The number of carbonyl (C=O) groups excluding carboxylic acids is 2. The van der Waals surface area contributed by atoms with E-state index in [0.29, 0.717) is 19.7 Å². The van der Waals surface area contributed by atoms with Crippen LogP contribution in [0.25, 0.3) is 0 Å². The number of amides is 2. The predicted octanol–water partition coefficient (Wildman–Crippen LogP) is 5.07. The molecule has 1 atom stereocenters. The number of nitrogens with zero attached hydrogens (tertiary/aromatic N) is 2. The lowest BCUT2D eigenvalue weighted by atomic mass is 10.00. The smallest absolute Gasteiger partial charge is 0.242 e. The summed E-state index contributed by atoms with van der Waals surface area (Å²) in [5, 5.41) is 2.09. The van der Waals surface area contributed by atoms with Crippen LogP contribution in [0.5, 0.6) is 5.75 Å². The van der Waals surface area contributed by atoms with Crippen LogP contribution in [0.1, 0.15) is 53.3 Å². The first-order valence-electron chi connectivity index (χ1n) is 11.9. The highest BCUT2D eigenvalue weighted by Crippen LogP contribution is 2.34. The predicted molar refractivity (Wildman–Crippen MR) is 133 cm³/mol. The number of fused-ring (bicyclic) bond motifs is 1. The zero-order chi connectivity index (χ0) is 23.4. The number of aryl methyl sites for hydroxylation is 2. The van der Waals surface area contributed by atoms with Crippen LogP contribution in [0.3, 0.4) is 0 Å². The van der Waals surface area contributed by atoms with E-state index in [1.165, 1.54) is 16.0 Å². The van der Waals surface area contributed by atoms with Crippen LogP contribution in [0.4, 0.5) is 0 Å². The zero-order valence-corrected chi connectivity index (χ0v) is 20.5. The maximum atomic E-state index is 13.5. The van der Waals surface area contributed by atoms with Crippen molar-refractivity contribution in [1.29, 1.82) is 0 Å². The summed E-state index contributed by atoms with van der Waals surface area (Å²) < 4.78 is 6.23. The van der Waals surface area contributed by atoms with E-state index in [4.69, 9.17) is 4.74 Å². The Hall–Kier alpha value is -2.60. The Kier molecular flexibility index (Phi) is 7.53. The molecule has 0 spiro atoms. The molecule has 2 aliphatic rings. The maximum absolute atomic E-state index is 13.5. The van der Waals surface area contributed by atoms with Gasteiger partial charge in [-0.25, -0.2) is 0 Å². The summed E-state index contributed by atoms with van der Waals surface area (Å²) in [6.07, 6.45) is 6.60. The Balaban J connectivity index is 1.50. The molecule has 0 saturated heterocycles. The summed E-state index contributed by atoms with van der Waals surface area (Å²) >= 11 is 1.74. The van der Waals surface area contributed by atoms with Gasteiger partial charge in [0.15, 0.2) is 0 Å². The molecule has 2 aromatic rings. The third kappa shape index (κ3) is 5.32. The van der Waals surface area contributed by atoms with Crippen LogP contribution >= 0.6 is 11.3 Å². The van der Waals surface area contributed by atoms with Gasteiger partial charge in [-0.15, -0.1) is 17.9 Å². The average Bonchev–Trinajstić information content (AvgIpc) is 3.49. The minimum Gasteiger partial charge on any atom is -0.491 e. The van der Waals surface area contributed by atoms with E-state index in [-0.39, 0.29) is 30.3 Å². The van der Waals surface area contributed by atoms with E-state index < -0.39 is 0 Å². The number of thiophene rings is 1. The van der Waals surface area contributed by atoms with E-state index in [0.717, 1.165) is 43.4 Å². The van der Waals surface area contributed by atoms with Gasteiger partial charge in [0, 0.05) is 23.9 Å². The standard InChI is InChI=1S/C27H34N2O3S/c1-4-13-28(27(31)21-7-5-6-8-21)17-26(30)29-14-11-25-22(12-15-33-25)23(29)18-32-24-10-9-19(2)16-20(24)3/h4,9-10,12,15-16,21,23H,1,5-8,11,13-14,17-18H2,2-3H3/t23-/m0/s1. The second-order valence-electron chi connectivity index (χ2n) is 9.22. The van der Waals surface area contributed by atoms with Gasteiger partial charge in [-0.3, -0.25) is 9.59 Å². The zero-order valence-electron chi connectivity index (χ0n) is 19.7. The summed E-state index contributed by atoms with van der Waals surface area (Å²) in [7, 11) is 0. The maximum Gasteiger partial charge on any atom is 0.242 e. The number of hydrogen-bond acceptors (Lipinski definition) is 4. The third-order valence-electron chi connectivity index (χ3n) is 6.83. The molecule has 2 heterocycles. The van der Waals surface area contributed by atoms with Crippen molar-refractivity contribution in [1.82, 2.24) is 9.80 Å². The molecule has 0 unspecified atom stereocenters. The van der Waals surface area contributed by atoms with Gasteiger partial charge in [-0.05, 0) is 61.7 Å². The average molecular weight is 467 g/mol. The Labute approximate surface area is 201 Å². The Bertz CT molecular complexity index is 1010. The summed E-state index contributed by atoms with van der Waals surface area (Å²) in [4.78, 5) is 31.5. The van der Waals surface area contributed by atoms with Gasteiger partial charge in [0.2, 0.25) is 11.8 Å². The van der Waals surface area contributed by atoms with Gasteiger partial charge in [0.05, 0.1) is 6.04 Å². The van der Waals surface area contributed by atoms with Gasteiger partial charge >= 0.3 is 0 Å². The monoisotopic (exact) mass is 466 g/mol. The van der Waals surface area contributed by atoms with E-state index in [1.807, 2.05) is 24.0 Å². The molecular weight excluding hydrogens is 432 g/mol. The van der Waals surface area contributed by atoms with Crippen molar-refractivity contribution in [3.05, 3.63) is 63.9 Å². The molecule has 6 heteroatoms. The number of rotatable bonds is 8. The van der Waals surface area contributed by atoms with Crippen LogP contribution in [-0.2, 0) is 16.0 Å². The first-order chi connectivity index (χ1) is 16.0. The largest absolute Gasteiger partial charge is 0.491 e. The molecule has 33 heavy (non-hydrogen) atoms. The topological polar surface area (TPSA) is 49.9 Å². The van der Waals surface area contributed by atoms with Gasteiger partial charge in [0.25, 0.3) is 0 Å². The molecule has 1 aliphatic carbocycles. The van der Waals surface area contributed by atoms with Crippen molar-refractivity contribution in [2.75, 3.05) is 26.2 Å². The third-order valence-corrected chi connectivity index (χ3v) is 7.83. The summed E-state index contributed by atoms with van der Waals surface area (Å²) in [6, 6.07) is 8.11. The van der Waals surface area contributed by atoms with Crippen molar-refractivity contribution < 1.29 is 14.3 Å². The summed E-state index contributed by atoms with van der Waals surface area (Å²) in [5.41, 5.74) is 3.46. The fourth-order valence-electron chi connectivity index (χ4n) is 5.08. The van der Waals surface area contributed by atoms with E-state index in [1.54, 1.807) is 22.3 Å². The minimum absolute atomic E-state index is 0.0192. The molecule has 1 aliphatic heterocycles. The Morgan fingerprint density at radius 3 is 2.76 bits per heavy atom. The summed E-state index contributed by atoms with van der Waals surface area (Å²) in [5.74, 6) is 0.970. The number of ether oxygens (including phenoxy) is 1. The summed E-state index contributed by atoms with van der Waals surface area (Å²) in [6.45, 7) is 9.47. The molecular formula is C27H34N2O3S. The molecule has 0 bridgehead atoms. The van der Waals surface area contributed by atoms with Crippen LogP contribution in [0.15, 0.2) is 42.3 Å². The molecule has 0 N–H and O–H groups in total. The highest BCUT2D eigenvalue weighted by molar-refractivity contribution is 7.10. The van der Waals surface area contributed by atoms with Crippen molar-refractivity contribution in [3.8, 4) is 5.75 Å². The molecule has 2 amide bonds. The molecule has 176 valence electrons. The lowest BCUT2D eigenvalue weighted by Crippen LogP contribution is -2.48. The Morgan fingerprint density at radius 2 is 2.03 bits per heavy atom. The van der Waals surface area contributed by atoms with Gasteiger partial charge < -0.3 is 14.5 Å². The first kappa shape index (κ1) is 23.6. The Morgan fingerprint density at radius 1 is 1.24 bits per heavy atom. The van der Waals surface area contributed by atoms with E-state index in [9.17, 15) is 9.59 Å². The number of carbonyl (C=O) groups is 2. The fourth-order valence-corrected chi connectivity index (χ4v) is 6.01. The van der Waals surface area contributed by atoms with Crippen LogP contribution in [0.2, 0.25) is 0 Å². The molecule has 1 aromatic carbocycles. The van der Waals surface area contributed by atoms with Crippen molar-refractivity contribution >= 4 is 23.2 Å². The highest BCUT2D eigenvalue weighted by atomic mass is 32.1. The minimum atomic E-state index is -0.152. The second kappa shape index (κ2) is 10.6. The van der Waals surface area contributed by atoms with Gasteiger partial charge in [0.1, 0.15) is 18.9 Å². The SMILES string of the molecule is C=CCN(CC(=O)N1CCc2sccc2[C@@H]1COc1ccc(C)cc1C)C(=O)C1CCCC1. The van der Waals surface area contributed by atoms with Crippen molar-refractivity contribution in [3.63, 3.8) is 0 Å². The van der Waals surface area contributed by atoms with Crippen LogP contribution in [-0.4, -0.2) is 47.9 Å². The lowest BCUT2D eigenvalue weighted by Gasteiger charge is -2.37. The van der Waals surface area contributed by atoms with Crippen molar-refractivity contribution in [2.45, 2.75) is 52.0 Å². The molecule has 0 radical (unpaired) electrons. The van der Waals surface area contributed by atoms with E-state index in [2.05, 4.69) is 31.0 Å². The molecule has 5 nitrogen and oxygen atoms in total. The van der Waals surface area contributed by atoms with Gasteiger partial charge in [-0.1, -0.05) is 36.6 Å². The highest BCUT2D eigenvalue weighted by Gasteiger charge is 2.34. The molecule has 1 saturated carbocycles. The molecule has 1 aromatic heterocycles. The lowest BCUT2D eigenvalue weighted by molar-refractivity contribution is -0.144. The first-order valence-corrected chi connectivity index (χ1v) is 12.8.